The second-order valence-electron chi connectivity index (χ2n) is 16.8. The Labute approximate surface area is 324 Å². The van der Waals surface area contributed by atoms with Gasteiger partial charge in [-0.2, -0.15) is 0 Å². The van der Waals surface area contributed by atoms with Gasteiger partial charge in [-0.25, -0.2) is 0 Å². The molecule has 310 valence electrons. The number of aliphatic hydroxyl groups excluding tert-OH is 1. The summed E-state index contributed by atoms with van der Waals surface area (Å²) in [5.74, 6) is -0.0237. The minimum atomic E-state index is -0.0370. The summed E-state index contributed by atoms with van der Waals surface area (Å²) in [6.07, 6.45) is 37.1. The van der Waals surface area contributed by atoms with Crippen LogP contribution < -0.4 is 0 Å². The molecule has 0 aromatic rings. The normalized spacial score (nSPS) is 11.9. The Balaban J connectivity index is 4.10. The molecule has 0 aliphatic rings. The Morgan fingerprint density at radius 2 is 0.923 bits per heavy atom. The van der Waals surface area contributed by atoms with Gasteiger partial charge in [0, 0.05) is 19.4 Å². The van der Waals surface area contributed by atoms with Gasteiger partial charge in [-0.3, -0.25) is 9.59 Å². The molecule has 0 amide bonds. The summed E-state index contributed by atoms with van der Waals surface area (Å²) < 4.78 is 11.7. The van der Waals surface area contributed by atoms with Gasteiger partial charge in [0.15, 0.2) is 0 Å². The number of carbonyl (C=O) groups excluding carboxylic acids is 2. The maximum absolute atomic E-state index is 12.7. The third-order valence-corrected chi connectivity index (χ3v) is 10.8. The van der Waals surface area contributed by atoms with E-state index in [2.05, 4.69) is 39.5 Å². The number of carbonyl (C=O) groups is 2. The SMILES string of the molecule is CCCCCCCCCC(=O)OCC(C)(C)CCCCCN(CCO)CCCCCCCC(=O)OC(CCCCCCCC)CCCCCCCC. The molecule has 0 aliphatic carbocycles. The molecule has 0 atom stereocenters. The van der Waals surface area contributed by atoms with E-state index in [0.29, 0.717) is 19.4 Å². The molecule has 6 heteroatoms. The van der Waals surface area contributed by atoms with Gasteiger partial charge in [-0.05, 0) is 76.3 Å². The Morgan fingerprint density at radius 1 is 0.519 bits per heavy atom. The van der Waals surface area contributed by atoms with Crippen LogP contribution in [0, 0.1) is 5.41 Å². The fourth-order valence-electron chi connectivity index (χ4n) is 7.19. The second-order valence-corrected chi connectivity index (χ2v) is 16.8. The summed E-state index contributed by atoms with van der Waals surface area (Å²) in [5, 5.41) is 9.60. The van der Waals surface area contributed by atoms with Crippen LogP contribution in [0.3, 0.4) is 0 Å². The lowest BCUT2D eigenvalue weighted by atomic mass is 9.88. The van der Waals surface area contributed by atoms with Crippen LogP contribution in [0.5, 0.6) is 0 Å². The number of hydrogen-bond donors (Lipinski definition) is 1. The summed E-state index contributed by atoms with van der Waals surface area (Å²) in [7, 11) is 0. The first-order valence-corrected chi connectivity index (χ1v) is 23.0. The number of rotatable bonds is 41. The Hall–Kier alpha value is -1.14. The van der Waals surface area contributed by atoms with Crippen molar-refractivity contribution in [3.63, 3.8) is 0 Å². The molecule has 52 heavy (non-hydrogen) atoms. The Bertz CT molecular complexity index is 756. The van der Waals surface area contributed by atoms with E-state index >= 15 is 0 Å². The number of unbranched alkanes of at least 4 members (excludes halogenated alkanes) is 22. The summed E-state index contributed by atoms with van der Waals surface area (Å²) in [6, 6.07) is 0. The van der Waals surface area contributed by atoms with Crippen LogP contribution in [0.2, 0.25) is 0 Å². The van der Waals surface area contributed by atoms with Crippen LogP contribution in [-0.4, -0.2) is 60.9 Å². The van der Waals surface area contributed by atoms with Crippen LogP contribution in [0.15, 0.2) is 0 Å². The molecule has 0 saturated heterocycles. The molecule has 0 rings (SSSR count). The molecule has 0 aromatic carbocycles. The minimum absolute atomic E-state index is 0.0132. The predicted molar refractivity (Wildman–Crippen MR) is 223 cm³/mol. The number of aliphatic hydroxyl groups is 1. The van der Waals surface area contributed by atoms with E-state index in [9.17, 15) is 14.7 Å². The van der Waals surface area contributed by atoms with Crippen molar-refractivity contribution in [2.45, 2.75) is 246 Å². The van der Waals surface area contributed by atoms with Crippen molar-refractivity contribution >= 4 is 11.9 Å². The molecule has 0 unspecified atom stereocenters. The highest BCUT2D eigenvalue weighted by Crippen LogP contribution is 2.25. The van der Waals surface area contributed by atoms with Gasteiger partial charge in [-0.15, -0.1) is 0 Å². The van der Waals surface area contributed by atoms with Crippen molar-refractivity contribution in [1.82, 2.24) is 4.90 Å². The summed E-state index contributed by atoms with van der Waals surface area (Å²) >= 11 is 0. The molecular formula is C46H91NO5. The smallest absolute Gasteiger partial charge is 0.306 e. The number of hydrogen-bond acceptors (Lipinski definition) is 6. The van der Waals surface area contributed by atoms with Crippen molar-refractivity contribution in [2.24, 2.45) is 5.41 Å². The highest BCUT2D eigenvalue weighted by Gasteiger charge is 2.20. The van der Waals surface area contributed by atoms with Crippen molar-refractivity contribution in [3.8, 4) is 0 Å². The van der Waals surface area contributed by atoms with Crippen LogP contribution in [0.25, 0.3) is 0 Å². The van der Waals surface area contributed by atoms with Gasteiger partial charge in [-0.1, -0.05) is 169 Å². The summed E-state index contributed by atoms with van der Waals surface area (Å²) in [5.41, 5.74) is 0.0140. The third kappa shape index (κ3) is 35.9. The molecule has 0 saturated carbocycles. The maximum atomic E-state index is 12.7. The lowest BCUT2D eigenvalue weighted by Crippen LogP contribution is -2.29. The molecule has 0 aromatic heterocycles. The number of ether oxygens (including phenoxy) is 2. The van der Waals surface area contributed by atoms with Crippen LogP contribution in [0.1, 0.15) is 240 Å². The topological polar surface area (TPSA) is 76.1 Å². The van der Waals surface area contributed by atoms with Gasteiger partial charge < -0.3 is 19.5 Å². The fraction of sp³-hybridized carbons (Fsp3) is 0.957. The van der Waals surface area contributed by atoms with Crippen LogP contribution in [-0.2, 0) is 19.1 Å². The van der Waals surface area contributed by atoms with Crippen molar-refractivity contribution in [2.75, 3.05) is 32.8 Å². The lowest BCUT2D eigenvalue weighted by Gasteiger charge is -2.25. The van der Waals surface area contributed by atoms with E-state index in [1.165, 1.54) is 116 Å². The largest absolute Gasteiger partial charge is 0.465 e. The standard InChI is InChI=1S/C46H91NO5/c1-6-9-12-15-18-22-28-35-44(49)51-42-46(4,5)37-30-25-32-39-47(40-41-48)38-31-24-19-23-29-36-45(50)52-43(33-26-20-16-13-10-7-2)34-27-21-17-14-11-8-3/h43,48H,6-42H2,1-5H3. The molecule has 0 bridgehead atoms. The van der Waals surface area contributed by atoms with E-state index in [-0.39, 0.29) is 30.1 Å². The Kier molecular flexibility index (Phi) is 37.3. The quantitative estimate of drug-likeness (QED) is 0.0497. The second kappa shape index (κ2) is 38.1. The summed E-state index contributed by atoms with van der Waals surface area (Å²) in [4.78, 5) is 27.3. The summed E-state index contributed by atoms with van der Waals surface area (Å²) in [6.45, 7) is 14.7. The van der Waals surface area contributed by atoms with Gasteiger partial charge in [0.1, 0.15) is 6.10 Å². The van der Waals surface area contributed by atoms with Gasteiger partial charge in [0.05, 0.1) is 13.2 Å². The van der Waals surface area contributed by atoms with Crippen molar-refractivity contribution in [1.29, 1.82) is 0 Å². The zero-order valence-electron chi connectivity index (χ0n) is 35.8. The van der Waals surface area contributed by atoms with E-state index in [1.54, 1.807) is 0 Å². The van der Waals surface area contributed by atoms with E-state index in [4.69, 9.17) is 9.47 Å². The van der Waals surface area contributed by atoms with E-state index in [0.717, 1.165) is 96.7 Å². The maximum Gasteiger partial charge on any atom is 0.306 e. The zero-order valence-corrected chi connectivity index (χ0v) is 35.8. The molecular weight excluding hydrogens is 647 g/mol. The van der Waals surface area contributed by atoms with Gasteiger partial charge >= 0.3 is 11.9 Å². The van der Waals surface area contributed by atoms with Crippen LogP contribution in [0.4, 0.5) is 0 Å². The lowest BCUT2D eigenvalue weighted by molar-refractivity contribution is -0.150. The molecule has 0 radical (unpaired) electrons. The highest BCUT2D eigenvalue weighted by atomic mass is 16.5. The van der Waals surface area contributed by atoms with E-state index < -0.39 is 0 Å². The first kappa shape index (κ1) is 50.9. The minimum Gasteiger partial charge on any atom is -0.465 e. The fourth-order valence-corrected chi connectivity index (χ4v) is 7.19. The van der Waals surface area contributed by atoms with Crippen molar-refractivity contribution < 1.29 is 24.2 Å². The molecule has 1 N–H and O–H groups in total. The monoisotopic (exact) mass is 738 g/mol. The third-order valence-electron chi connectivity index (χ3n) is 10.8. The van der Waals surface area contributed by atoms with Gasteiger partial charge in [0.2, 0.25) is 0 Å². The van der Waals surface area contributed by atoms with Crippen molar-refractivity contribution in [3.05, 3.63) is 0 Å². The average molecular weight is 738 g/mol. The Morgan fingerprint density at radius 3 is 1.40 bits per heavy atom. The first-order valence-electron chi connectivity index (χ1n) is 23.0. The zero-order chi connectivity index (χ0) is 38.4. The highest BCUT2D eigenvalue weighted by molar-refractivity contribution is 5.69. The van der Waals surface area contributed by atoms with Crippen LogP contribution >= 0.6 is 0 Å². The average Bonchev–Trinajstić information content (AvgIpc) is 3.12. The van der Waals surface area contributed by atoms with E-state index in [1.807, 2.05) is 0 Å². The van der Waals surface area contributed by atoms with Gasteiger partial charge in [0.25, 0.3) is 0 Å². The first-order chi connectivity index (χ1) is 25.3. The molecule has 0 spiro atoms. The molecule has 0 fully saturated rings. The molecule has 0 heterocycles. The molecule has 6 nitrogen and oxygen atoms in total. The molecule has 0 aliphatic heterocycles. The number of nitrogens with zero attached hydrogens (tertiary/aromatic N) is 1. The number of esters is 2. The predicted octanol–water partition coefficient (Wildman–Crippen LogP) is 13.3.